The van der Waals surface area contributed by atoms with E-state index in [9.17, 15) is 9.90 Å². The SMILES string of the molecule is CCCCn1c(O)c2c(c1-c1ccc(Br)cc1)C(=O)N=C2c1ccc(Br)cc1. The van der Waals surface area contributed by atoms with Crippen LogP contribution in [0.3, 0.4) is 0 Å². The number of fused-ring (bicyclic) bond motifs is 1. The summed E-state index contributed by atoms with van der Waals surface area (Å²) in [6.45, 7) is 2.75. The van der Waals surface area contributed by atoms with Crippen LogP contribution in [0.25, 0.3) is 11.3 Å². The van der Waals surface area contributed by atoms with Crippen LogP contribution in [-0.2, 0) is 6.54 Å². The third-order valence-corrected chi connectivity index (χ3v) is 5.93. The Kier molecular flexibility index (Phi) is 5.25. The number of unbranched alkanes of at least 4 members (excludes halogenated alkanes) is 1. The highest BCUT2D eigenvalue weighted by molar-refractivity contribution is 9.10. The molecule has 142 valence electrons. The molecule has 1 aromatic heterocycles. The Morgan fingerprint density at radius 1 is 0.929 bits per heavy atom. The van der Waals surface area contributed by atoms with Gasteiger partial charge in [0.15, 0.2) is 0 Å². The molecule has 0 atom stereocenters. The number of rotatable bonds is 5. The van der Waals surface area contributed by atoms with Crippen molar-refractivity contribution < 1.29 is 9.90 Å². The maximum Gasteiger partial charge on any atom is 0.280 e. The lowest BCUT2D eigenvalue weighted by molar-refractivity contribution is 0.101. The van der Waals surface area contributed by atoms with Crippen LogP contribution in [0, 0.1) is 0 Å². The van der Waals surface area contributed by atoms with Crippen molar-refractivity contribution in [2.75, 3.05) is 0 Å². The predicted molar refractivity (Wildman–Crippen MR) is 118 cm³/mol. The fraction of sp³-hybridized carbons (Fsp3) is 0.182. The molecular weight excluding hydrogens is 484 g/mol. The molecule has 0 radical (unpaired) electrons. The molecule has 1 amide bonds. The lowest BCUT2D eigenvalue weighted by Gasteiger charge is -2.12. The van der Waals surface area contributed by atoms with Gasteiger partial charge in [-0.25, -0.2) is 4.99 Å². The van der Waals surface area contributed by atoms with Gasteiger partial charge in [0, 0.05) is 21.1 Å². The molecule has 0 aliphatic carbocycles. The topological polar surface area (TPSA) is 54.6 Å². The van der Waals surface area contributed by atoms with Crippen LogP contribution in [0.4, 0.5) is 0 Å². The highest BCUT2D eigenvalue weighted by atomic mass is 79.9. The molecule has 1 aliphatic heterocycles. The van der Waals surface area contributed by atoms with Crippen LogP contribution in [-0.4, -0.2) is 21.3 Å². The fourth-order valence-electron chi connectivity index (χ4n) is 3.51. The Balaban J connectivity index is 1.93. The Bertz CT molecular complexity index is 1080. The summed E-state index contributed by atoms with van der Waals surface area (Å²) in [6.07, 6.45) is 1.90. The van der Waals surface area contributed by atoms with Crippen molar-refractivity contribution in [3.63, 3.8) is 0 Å². The molecule has 4 rings (SSSR count). The molecule has 6 heteroatoms. The van der Waals surface area contributed by atoms with E-state index in [0.29, 0.717) is 23.4 Å². The first-order valence-corrected chi connectivity index (χ1v) is 10.7. The molecule has 1 N–H and O–H groups in total. The van der Waals surface area contributed by atoms with Crippen LogP contribution in [0.15, 0.2) is 62.5 Å². The zero-order chi connectivity index (χ0) is 19.8. The summed E-state index contributed by atoms with van der Waals surface area (Å²) in [5.74, 6) is -0.203. The van der Waals surface area contributed by atoms with Gasteiger partial charge in [-0.1, -0.05) is 69.5 Å². The fourth-order valence-corrected chi connectivity index (χ4v) is 4.04. The number of hydrogen-bond acceptors (Lipinski definition) is 2. The maximum atomic E-state index is 12.9. The zero-order valence-corrected chi connectivity index (χ0v) is 18.4. The van der Waals surface area contributed by atoms with E-state index in [2.05, 4.69) is 43.8 Å². The smallest absolute Gasteiger partial charge is 0.280 e. The molecule has 0 spiro atoms. The van der Waals surface area contributed by atoms with Crippen molar-refractivity contribution in [2.24, 2.45) is 4.99 Å². The number of hydrogen-bond donors (Lipinski definition) is 1. The minimum Gasteiger partial charge on any atom is -0.494 e. The standard InChI is InChI=1S/C22H18Br2N2O2/c1-2-3-12-26-20(14-6-10-16(24)11-7-14)18-17(22(26)28)19(25-21(18)27)13-4-8-15(23)9-5-13/h4-11,28H,2-3,12H2,1H3. The molecular formula is C22H18Br2N2O2. The summed E-state index contributed by atoms with van der Waals surface area (Å²) in [6, 6.07) is 15.4. The zero-order valence-electron chi connectivity index (χ0n) is 15.2. The second kappa shape index (κ2) is 7.68. The molecule has 4 nitrogen and oxygen atoms in total. The summed E-state index contributed by atoms with van der Waals surface area (Å²) in [7, 11) is 0. The van der Waals surface area contributed by atoms with Crippen molar-refractivity contribution in [3.05, 3.63) is 74.2 Å². The number of aliphatic imine (C=N–C) groups is 1. The summed E-state index contributed by atoms with van der Waals surface area (Å²) < 4.78 is 3.76. The van der Waals surface area contributed by atoms with Gasteiger partial charge in [-0.2, -0.15) is 0 Å². The van der Waals surface area contributed by atoms with Gasteiger partial charge >= 0.3 is 0 Å². The van der Waals surface area contributed by atoms with Gasteiger partial charge in [0.05, 0.1) is 22.5 Å². The van der Waals surface area contributed by atoms with Gasteiger partial charge in [-0.15, -0.1) is 0 Å². The van der Waals surface area contributed by atoms with Gasteiger partial charge in [0.25, 0.3) is 5.91 Å². The first-order valence-electron chi connectivity index (χ1n) is 9.12. The molecule has 0 saturated carbocycles. The number of aromatic hydroxyl groups is 1. The van der Waals surface area contributed by atoms with Crippen LogP contribution < -0.4 is 0 Å². The second-order valence-corrected chi connectivity index (χ2v) is 8.54. The van der Waals surface area contributed by atoms with E-state index in [4.69, 9.17) is 0 Å². The predicted octanol–water partition coefficient (Wildman–Crippen LogP) is 6.18. The molecule has 0 fully saturated rings. The monoisotopic (exact) mass is 500 g/mol. The number of nitrogens with zero attached hydrogens (tertiary/aromatic N) is 2. The van der Waals surface area contributed by atoms with Gasteiger partial charge in [-0.05, 0) is 36.2 Å². The molecule has 3 aromatic rings. The first-order chi connectivity index (χ1) is 13.5. The molecule has 0 saturated heterocycles. The van der Waals surface area contributed by atoms with Crippen LogP contribution in [0.5, 0.6) is 5.88 Å². The third-order valence-electron chi connectivity index (χ3n) is 4.87. The lowest BCUT2D eigenvalue weighted by atomic mass is 10.0. The number of benzene rings is 2. The van der Waals surface area contributed by atoms with E-state index >= 15 is 0 Å². The van der Waals surface area contributed by atoms with Gasteiger partial charge in [0.1, 0.15) is 0 Å². The van der Waals surface area contributed by atoms with Crippen molar-refractivity contribution in [2.45, 2.75) is 26.3 Å². The molecule has 0 unspecified atom stereocenters. The highest BCUT2D eigenvalue weighted by Gasteiger charge is 2.35. The normalized spacial score (nSPS) is 13.0. The van der Waals surface area contributed by atoms with Crippen molar-refractivity contribution in [1.82, 2.24) is 4.57 Å². The van der Waals surface area contributed by atoms with Crippen LogP contribution >= 0.6 is 31.9 Å². The van der Waals surface area contributed by atoms with E-state index in [-0.39, 0.29) is 11.8 Å². The Morgan fingerprint density at radius 3 is 2.07 bits per heavy atom. The third kappa shape index (κ3) is 3.25. The molecule has 2 heterocycles. The van der Waals surface area contributed by atoms with E-state index in [1.54, 1.807) is 0 Å². The van der Waals surface area contributed by atoms with E-state index in [1.807, 2.05) is 53.1 Å². The number of amides is 1. The van der Waals surface area contributed by atoms with Crippen molar-refractivity contribution >= 4 is 43.5 Å². The number of halogens is 2. The number of carbonyl (C=O) groups is 1. The lowest BCUT2D eigenvalue weighted by Crippen LogP contribution is -2.04. The van der Waals surface area contributed by atoms with Crippen LogP contribution in [0.2, 0.25) is 0 Å². The Labute approximate surface area is 180 Å². The average Bonchev–Trinajstić information content (AvgIpc) is 3.17. The Hall–Kier alpha value is -2.18. The Morgan fingerprint density at radius 2 is 1.50 bits per heavy atom. The second-order valence-electron chi connectivity index (χ2n) is 6.71. The molecule has 2 aromatic carbocycles. The quantitative estimate of drug-likeness (QED) is 0.454. The molecule has 0 bridgehead atoms. The highest BCUT2D eigenvalue weighted by Crippen LogP contribution is 2.41. The van der Waals surface area contributed by atoms with Crippen molar-refractivity contribution in [3.8, 4) is 17.1 Å². The summed E-state index contributed by atoms with van der Waals surface area (Å²) in [5, 5.41) is 11.1. The summed E-state index contributed by atoms with van der Waals surface area (Å²) >= 11 is 6.88. The largest absolute Gasteiger partial charge is 0.494 e. The minimum absolute atomic E-state index is 0.105. The summed E-state index contributed by atoms with van der Waals surface area (Å²) in [4.78, 5) is 17.2. The molecule has 28 heavy (non-hydrogen) atoms. The van der Waals surface area contributed by atoms with E-state index < -0.39 is 0 Å². The van der Waals surface area contributed by atoms with E-state index in [1.165, 1.54) is 0 Å². The van der Waals surface area contributed by atoms with Gasteiger partial charge < -0.3 is 9.67 Å². The maximum absolute atomic E-state index is 12.9. The van der Waals surface area contributed by atoms with Gasteiger partial charge in [0.2, 0.25) is 5.88 Å². The van der Waals surface area contributed by atoms with Crippen molar-refractivity contribution in [1.29, 1.82) is 0 Å². The number of aromatic nitrogens is 1. The first kappa shape index (κ1) is 19.2. The number of carbonyl (C=O) groups excluding carboxylic acids is 1. The minimum atomic E-state index is -0.309. The molecule has 1 aliphatic rings. The van der Waals surface area contributed by atoms with Gasteiger partial charge in [-0.3, -0.25) is 4.79 Å². The average molecular weight is 502 g/mol. The van der Waals surface area contributed by atoms with Crippen LogP contribution in [0.1, 0.15) is 41.3 Å². The summed E-state index contributed by atoms with van der Waals surface area (Å²) in [5.41, 5.74) is 3.96. The van der Waals surface area contributed by atoms with E-state index in [0.717, 1.165) is 38.6 Å².